The van der Waals surface area contributed by atoms with E-state index >= 15 is 0 Å². The zero-order chi connectivity index (χ0) is 17.6. The molecule has 0 aliphatic rings. The van der Waals surface area contributed by atoms with Gasteiger partial charge in [-0.25, -0.2) is 0 Å². The van der Waals surface area contributed by atoms with Gasteiger partial charge in [0, 0.05) is 16.3 Å². The van der Waals surface area contributed by atoms with Crippen LogP contribution < -0.4 is 10.1 Å². The summed E-state index contributed by atoms with van der Waals surface area (Å²) in [5, 5.41) is 11.6. The summed E-state index contributed by atoms with van der Waals surface area (Å²) in [7, 11) is 1.59. The van der Waals surface area contributed by atoms with E-state index in [1.807, 2.05) is 18.2 Å². The minimum Gasteiger partial charge on any atom is -0.497 e. The number of benzene rings is 2. The van der Waals surface area contributed by atoms with Crippen LogP contribution in [0.25, 0.3) is 11.5 Å². The summed E-state index contributed by atoms with van der Waals surface area (Å²) in [6.07, 6.45) is 0. The van der Waals surface area contributed by atoms with Crippen molar-refractivity contribution in [2.24, 2.45) is 0 Å². The molecule has 1 N–H and O–H groups in total. The molecular weight excluding hydrogens is 362 g/mol. The van der Waals surface area contributed by atoms with Crippen molar-refractivity contribution < 1.29 is 13.9 Å². The number of aromatic nitrogens is 2. The van der Waals surface area contributed by atoms with Crippen molar-refractivity contribution in [1.29, 1.82) is 0 Å². The van der Waals surface area contributed by atoms with Gasteiger partial charge in [0.15, 0.2) is 0 Å². The smallest absolute Gasteiger partial charge is 0.277 e. The Morgan fingerprint density at radius 3 is 2.88 bits per heavy atom. The second-order valence-electron chi connectivity index (χ2n) is 4.95. The van der Waals surface area contributed by atoms with Crippen LogP contribution in [0.15, 0.2) is 58.2 Å². The molecule has 3 aromatic rings. The third-order valence-corrected chi connectivity index (χ3v) is 4.21. The number of hydrogen-bond donors (Lipinski definition) is 1. The van der Waals surface area contributed by atoms with E-state index in [0.717, 1.165) is 17.3 Å². The lowest BCUT2D eigenvalue weighted by Crippen LogP contribution is -2.13. The predicted octanol–water partition coefficient (Wildman–Crippen LogP) is 4.13. The lowest BCUT2D eigenvalue weighted by atomic mass is 10.2. The first-order valence-corrected chi connectivity index (χ1v) is 8.66. The van der Waals surface area contributed by atoms with Crippen LogP contribution in [0.4, 0.5) is 5.69 Å². The van der Waals surface area contributed by atoms with E-state index < -0.39 is 0 Å². The molecule has 0 aliphatic carbocycles. The Hall–Kier alpha value is -2.51. The third kappa shape index (κ3) is 4.74. The predicted molar refractivity (Wildman–Crippen MR) is 97.1 cm³/mol. The zero-order valence-electron chi connectivity index (χ0n) is 13.2. The van der Waals surface area contributed by atoms with Crippen molar-refractivity contribution in [3.05, 3.63) is 53.6 Å². The van der Waals surface area contributed by atoms with Gasteiger partial charge in [0.2, 0.25) is 11.8 Å². The molecule has 6 nitrogen and oxygen atoms in total. The summed E-state index contributed by atoms with van der Waals surface area (Å²) < 4.78 is 10.7. The number of ether oxygens (including phenoxy) is 1. The fourth-order valence-electron chi connectivity index (χ4n) is 2.03. The van der Waals surface area contributed by atoms with Crippen molar-refractivity contribution in [3.63, 3.8) is 0 Å². The molecule has 1 amide bonds. The highest BCUT2D eigenvalue weighted by Crippen LogP contribution is 2.26. The fourth-order valence-corrected chi connectivity index (χ4v) is 2.78. The molecule has 128 valence electrons. The number of halogens is 1. The summed E-state index contributed by atoms with van der Waals surface area (Å²) >= 11 is 7.05. The van der Waals surface area contributed by atoms with Crippen LogP contribution in [-0.2, 0) is 4.79 Å². The van der Waals surface area contributed by atoms with E-state index in [0.29, 0.717) is 27.6 Å². The minimum atomic E-state index is -0.187. The Morgan fingerprint density at radius 2 is 2.08 bits per heavy atom. The number of nitrogens with zero attached hydrogens (tertiary/aromatic N) is 2. The molecule has 1 heterocycles. The molecule has 0 bridgehead atoms. The number of carbonyl (C=O) groups is 1. The number of anilines is 1. The number of amides is 1. The Balaban J connectivity index is 1.59. The van der Waals surface area contributed by atoms with Gasteiger partial charge in [-0.3, -0.25) is 4.79 Å². The Bertz CT molecular complexity index is 885. The molecule has 0 radical (unpaired) electrons. The number of thioether (sulfide) groups is 1. The topological polar surface area (TPSA) is 77.2 Å². The maximum absolute atomic E-state index is 12.0. The number of carbonyl (C=O) groups excluding carboxylic acids is 1. The van der Waals surface area contributed by atoms with Gasteiger partial charge in [-0.2, -0.15) is 0 Å². The second kappa shape index (κ2) is 8.04. The Morgan fingerprint density at radius 1 is 1.24 bits per heavy atom. The van der Waals surface area contributed by atoms with Gasteiger partial charge in [-0.05, 0) is 36.4 Å². The number of hydrogen-bond acceptors (Lipinski definition) is 6. The molecule has 0 atom stereocenters. The van der Waals surface area contributed by atoms with E-state index in [-0.39, 0.29) is 11.7 Å². The van der Waals surface area contributed by atoms with Crippen molar-refractivity contribution in [2.45, 2.75) is 5.22 Å². The molecule has 0 fully saturated rings. The first-order valence-electron chi connectivity index (χ1n) is 7.30. The van der Waals surface area contributed by atoms with Crippen LogP contribution >= 0.6 is 23.4 Å². The Kier molecular flexibility index (Phi) is 5.57. The average molecular weight is 376 g/mol. The second-order valence-corrected chi connectivity index (χ2v) is 6.32. The Labute approximate surface area is 153 Å². The maximum Gasteiger partial charge on any atom is 0.277 e. The number of nitrogens with one attached hydrogen (secondary N) is 1. The summed E-state index contributed by atoms with van der Waals surface area (Å²) in [6.45, 7) is 0. The quantitative estimate of drug-likeness (QED) is 0.653. The fraction of sp³-hybridized carbons (Fsp3) is 0.118. The first-order chi connectivity index (χ1) is 12.1. The molecule has 1 aromatic heterocycles. The summed E-state index contributed by atoms with van der Waals surface area (Å²) in [6, 6.07) is 14.3. The molecule has 0 saturated heterocycles. The average Bonchev–Trinajstić information content (AvgIpc) is 3.09. The van der Waals surface area contributed by atoms with E-state index in [1.54, 1.807) is 37.4 Å². The first kappa shape index (κ1) is 17.3. The van der Waals surface area contributed by atoms with Crippen molar-refractivity contribution in [3.8, 4) is 17.2 Å². The van der Waals surface area contributed by atoms with Gasteiger partial charge < -0.3 is 14.5 Å². The molecule has 0 aliphatic heterocycles. The largest absolute Gasteiger partial charge is 0.497 e. The molecule has 0 unspecified atom stereocenters. The van der Waals surface area contributed by atoms with Gasteiger partial charge in [0.1, 0.15) is 5.75 Å². The van der Waals surface area contributed by atoms with Crippen LogP contribution in [0.2, 0.25) is 5.02 Å². The van der Waals surface area contributed by atoms with E-state index in [1.165, 1.54) is 0 Å². The highest BCUT2D eigenvalue weighted by atomic mass is 35.5. The zero-order valence-corrected chi connectivity index (χ0v) is 14.8. The monoisotopic (exact) mass is 375 g/mol. The van der Waals surface area contributed by atoms with Crippen LogP contribution in [0.1, 0.15) is 0 Å². The lowest BCUT2D eigenvalue weighted by Gasteiger charge is -2.03. The molecular formula is C17H14ClN3O3S. The summed E-state index contributed by atoms with van der Waals surface area (Å²) in [5.41, 5.74) is 1.39. The van der Waals surface area contributed by atoms with E-state index in [9.17, 15) is 4.79 Å². The van der Waals surface area contributed by atoms with Gasteiger partial charge in [0.25, 0.3) is 5.22 Å². The third-order valence-electron chi connectivity index (χ3n) is 3.16. The van der Waals surface area contributed by atoms with Crippen LogP contribution in [0.3, 0.4) is 0 Å². The van der Waals surface area contributed by atoms with Crippen molar-refractivity contribution in [2.75, 3.05) is 18.2 Å². The molecule has 3 rings (SSSR count). The van der Waals surface area contributed by atoms with Crippen LogP contribution in [-0.4, -0.2) is 29.0 Å². The SMILES string of the molecule is COc1cccc(-c2nnc(SCC(=O)Nc3cccc(Cl)c3)o2)c1. The molecule has 25 heavy (non-hydrogen) atoms. The van der Waals surface area contributed by atoms with Gasteiger partial charge in [-0.15, -0.1) is 10.2 Å². The molecule has 2 aromatic carbocycles. The molecule has 0 spiro atoms. The van der Waals surface area contributed by atoms with Gasteiger partial charge >= 0.3 is 0 Å². The molecule has 0 saturated carbocycles. The summed E-state index contributed by atoms with van der Waals surface area (Å²) in [5.74, 6) is 1.03. The number of methoxy groups -OCH3 is 1. The van der Waals surface area contributed by atoms with Crippen molar-refractivity contribution >= 4 is 35.0 Å². The highest BCUT2D eigenvalue weighted by molar-refractivity contribution is 7.99. The van der Waals surface area contributed by atoms with Crippen molar-refractivity contribution in [1.82, 2.24) is 10.2 Å². The normalized spacial score (nSPS) is 10.5. The highest BCUT2D eigenvalue weighted by Gasteiger charge is 2.12. The number of rotatable bonds is 6. The van der Waals surface area contributed by atoms with Crippen LogP contribution in [0.5, 0.6) is 5.75 Å². The maximum atomic E-state index is 12.0. The van der Waals surface area contributed by atoms with Gasteiger partial charge in [0.05, 0.1) is 12.9 Å². The standard InChI is InChI=1S/C17H14ClN3O3S/c1-23-14-7-2-4-11(8-14)16-20-21-17(24-16)25-10-15(22)19-13-6-3-5-12(18)9-13/h2-9H,10H2,1H3,(H,19,22). The molecule has 8 heteroatoms. The van der Waals surface area contributed by atoms with E-state index in [4.69, 9.17) is 20.8 Å². The minimum absolute atomic E-state index is 0.145. The van der Waals surface area contributed by atoms with E-state index in [2.05, 4.69) is 15.5 Å². The van der Waals surface area contributed by atoms with Gasteiger partial charge in [-0.1, -0.05) is 35.5 Å². The van der Waals surface area contributed by atoms with Crippen LogP contribution in [0, 0.1) is 0 Å². The summed E-state index contributed by atoms with van der Waals surface area (Å²) in [4.78, 5) is 12.0. The lowest BCUT2D eigenvalue weighted by molar-refractivity contribution is -0.113.